The van der Waals surface area contributed by atoms with Crippen LogP contribution in [0.5, 0.6) is 0 Å². The second-order valence-electron chi connectivity index (χ2n) is 5.31. The van der Waals surface area contributed by atoms with Gasteiger partial charge in [-0.2, -0.15) is 5.10 Å². The Morgan fingerprint density at radius 1 is 1.43 bits per heavy atom. The molecule has 1 saturated heterocycles. The van der Waals surface area contributed by atoms with E-state index in [1.165, 1.54) is 12.4 Å². The minimum atomic E-state index is -0.334. The number of aromatic amines is 1. The van der Waals surface area contributed by atoms with E-state index >= 15 is 0 Å². The molecule has 122 valence electrons. The van der Waals surface area contributed by atoms with Crippen LogP contribution in [0.3, 0.4) is 0 Å². The minimum absolute atomic E-state index is 0.0912. The van der Waals surface area contributed by atoms with Gasteiger partial charge < -0.3 is 10.1 Å². The van der Waals surface area contributed by atoms with E-state index in [0.717, 1.165) is 12.2 Å². The van der Waals surface area contributed by atoms with E-state index < -0.39 is 0 Å². The number of aryl methyl sites for hydroxylation is 1. The number of aromatic nitrogens is 4. The Balaban J connectivity index is 1.66. The molecule has 1 aliphatic rings. The molecule has 2 aromatic rings. The molecule has 3 rings (SSSR count). The standard InChI is InChI=1S/C14H15Cl2N5O2/c1-7-19-13(21-20-7)12-8(2-3-23-12)4-18-14(22)11-9(15)5-17-6-10(11)16/h5-6,8,12H,2-4H2,1H3,(H,18,22)(H,19,20,21)/t8-,12-/m0/s1. The number of hydrogen-bond acceptors (Lipinski definition) is 5. The van der Waals surface area contributed by atoms with Crippen molar-refractivity contribution < 1.29 is 9.53 Å². The molecule has 0 aliphatic carbocycles. The summed E-state index contributed by atoms with van der Waals surface area (Å²) in [5.74, 6) is 1.10. The molecule has 0 bridgehead atoms. The lowest BCUT2D eigenvalue weighted by molar-refractivity contribution is 0.0798. The van der Waals surface area contributed by atoms with Gasteiger partial charge in [0.2, 0.25) is 0 Å². The van der Waals surface area contributed by atoms with Crippen molar-refractivity contribution in [3.05, 3.63) is 39.7 Å². The minimum Gasteiger partial charge on any atom is -0.370 e. The number of nitrogens with zero attached hydrogens (tertiary/aromatic N) is 3. The quantitative estimate of drug-likeness (QED) is 0.877. The molecule has 0 spiro atoms. The first kappa shape index (κ1) is 16.2. The van der Waals surface area contributed by atoms with E-state index in [9.17, 15) is 4.79 Å². The SMILES string of the molecule is Cc1nc([C@H]2OCC[C@H]2CNC(=O)c2c(Cl)cncc2Cl)n[nH]1. The number of H-pyrrole nitrogens is 1. The zero-order valence-electron chi connectivity index (χ0n) is 12.3. The highest BCUT2D eigenvalue weighted by molar-refractivity contribution is 6.39. The van der Waals surface area contributed by atoms with E-state index in [-0.39, 0.29) is 33.5 Å². The molecule has 0 saturated carbocycles. The number of carbonyl (C=O) groups is 1. The zero-order valence-corrected chi connectivity index (χ0v) is 13.9. The molecule has 2 atom stereocenters. The molecule has 1 aliphatic heterocycles. The zero-order chi connectivity index (χ0) is 16.4. The van der Waals surface area contributed by atoms with Gasteiger partial charge in [0.25, 0.3) is 5.91 Å². The third kappa shape index (κ3) is 3.46. The van der Waals surface area contributed by atoms with Crippen LogP contribution in [0.4, 0.5) is 0 Å². The summed E-state index contributed by atoms with van der Waals surface area (Å²) in [5, 5.41) is 10.2. The molecule has 3 heterocycles. The molecule has 2 aromatic heterocycles. The highest BCUT2D eigenvalue weighted by Gasteiger charge is 2.33. The maximum absolute atomic E-state index is 12.3. The lowest BCUT2D eigenvalue weighted by Crippen LogP contribution is -2.31. The number of hydrogen-bond donors (Lipinski definition) is 2. The maximum atomic E-state index is 12.3. The van der Waals surface area contributed by atoms with Crippen LogP contribution in [0.15, 0.2) is 12.4 Å². The van der Waals surface area contributed by atoms with Gasteiger partial charge in [0.1, 0.15) is 11.9 Å². The van der Waals surface area contributed by atoms with E-state index in [2.05, 4.69) is 25.5 Å². The third-order valence-electron chi connectivity index (χ3n) is 3.69. The fourth-order valence-corrected chi connectivity index (χ4v) is 3.09. The molecule has 0 radical (unpaired) electrons. The van der Waals surface area contributed by atoms with Gasteiger partial charge in [-0.25, -0.2) is 4.98 Å². The van der Waals surface area contributed by atoms with E-state index in [0.29, 0.717) is 19.0 Å². The fourth-order valence-electron chi connectivity index (χ4n) is 2.56. The molecule has 0 aromatic carbocycles. The summed E-state index contributed by atoms with van der Waals surface area (Å²) in [6, 6.07) is 0. The van der Waals surface area contributed by atoms with Crippen molar-refractivity contribution in [1.82, 2.24) is 25.5 Å². The number of pyridine rings is 1. The summed E-state index contributed by atoms with van der Waals surface area (Å²) < 4.78 is 5.69. The van der Waals surface area contributed by atoms with Crippen LogP contribution >= 0.6 is 23.2 Å². The number of ether oxygens (including phenoxy) is 1. The summed E-state index contributed by atoms with van der Waals surface area (Å²) in [6.07, 6.45) is 3.36. The first-order chi connectivity index (χ1) is 11.1. The van der Waals surface area contributed by atoms with Crippen molar-refractivity contribution in [2.75, 3.05) is 13.2 Å². The molecule has 2 N–H and O–H groups in total. The first-order valence-corrected chi connectivity index (χ1v) is 7.89. The van der Waals surface area contributed by atoms with Crippen LogP contribution in [-0.2, 0) is 4.74 Å². The molecule has 1 fully saturated rings. The van der Waals surface area contributed by atoms with E-state index in [1.54, 1.807) is 0 Å². The Morgan fingerprint density at radius 2 is 2.17 bits per heavy atom. The summed E-state index contributed by atoms with van der Waals surface area (Å²) in [5.41, 5.74) is 0.229. The molecular formula is C14H15Cl2N5O2. The van der Waals surface area contributed by atoms with Gasteiger partial charge in [0.15, 0.2) is 5.82 Å². The largest absolute Gasteiger partial charge is 0.370 e. The Labute approximate surface area is 142 Å². The summed E-state index contributed by atoms with van der Waals surface area (Å²) in [6.45, 7) is 2.86. The number of rotatable bonds is 4. The molecule has 23 heavy (non-hydrogen) atoms. The maximum Gasteiger partial charge on any atom is 0.254 e. The Hall–Kier alpha value is -1.70. The number of carbonyl (C=O) groups excluding carboxylic acids is 1. The normalized spacial score (nSPS) is 20.7. The molecule has 1 amide bonds. The fraction of sp³-hybridized carbons (Fsp3) is 0.429. The second kappa shape index (κ2) is 6.82. The average Bonchev–Trinajstić information content (AvgIpc) is 3.13. The lowest BCUT2D eigenvalue weighted by atomic mass is 10.0. The molecular weight excluding hydrogens is 341 g/mol. The van der Waals surface area contributed by atoms with Crippen molar-refractivity contribution in [3.8, 4) is 0 Å². The summed E-state index contributed by atoms with van der Waals surface area (Å²) in [4.78, 5) is 20.4. The Bertz CT molecular complexity index is 701. The van der Waals surface area contributed by atoms with Gasteiger partial charge in [-0.3, -0.25) is 14.9 Å². The smallest absolute Gasteiger partial charge is 0.254 e. The lowest BCUT2D eigenvalue weighted by Gasteiger charge is -2.16. The number of amides is 1. The van der Waals surface area contributed by atoms with E-state index in [4.69, 9.17) is 27.9 Å². The third-order valence-corrected chi connectivity index (χ3v) is 4.26. The predicted octanol–water partition coefficient (Wildman–Crippen LogP) is 2.32. The monoisotopic (exact) mass is 355 g/mol. The first-order valence-electron chi connectivity index (χ1n) is 7.14. The average molecular weight is 356 g/mol. The molecule has 9 heteroatoms. The van der Waals surface area contributed by atoms with Crippen LogP contribution in [0, 0.1) is 12.8 Å². The topological polar surface area (TPSA) is 92.8 Å². The van der Waals surface area contributed by atoms with Crippen molar-refractivity contribution in [2.45, 2.75) is 19.4 Å². The Morgan fingerprint density at radius 3 is 2.83 bits per heavy atom. The van der Waals surface area contributed by atoms with Gasteiger partial charge >= 0.3 is 0 Å². The molecule has 7 nitrogen and oxygen atoms in total. The van der Waals surface area contributed by atoms with Crippen LogP contribution in [0.1, 0.15) is 34.5 Å². The van der Waals surface area contributed by atoms with Gasteiger partial charge in [-0.15, -0.1) is 0 Å². The van der Waals surface area contributed by atoms with Crippen LogP contribution in [-0.4, -0.2) is 39.2 Å². The summed E-state index contributed by atoms with van der Waals surface area (Å²) >= 11 is 12.0. The number of nitrogens with one attached hydrogen (secondary N) is 2. The van der Waals surface area contributed by atoms with Gasteiger partial charge in [-0.1, -0.05) is 23.2 Å². The van der Waals surface area contributed by atoms with Crippen LogP contribution in [0.25, 0.3) is 0 Å². The van der Waals surface area contributed by atoms with Crippen molar-refractivity contribution in [2.24, 2.45) is 5.92 Å². The van der Waals surface area contributed by atoms with Crippen molar-refractivity contribution in [3.63, 3.8) is 0 Å². The predicted molar refractivity (Wildman–Crippen MR) is 84.5 cm³/mol. The van der Waals surface area contributed by atoms with Crippen molar-refractivity contribution in [1.29, 1.82) is 0 Å². The van der Waals surface area contributed by atoms with Crippen molar-refractivity contribution >= 4 is 29.1 Å². The van der Waals surface area contributed by atoms with Gasteiger partial charge in [0.05, 0.1) is 15.6 Å². The number of halogens is 2. The van der Waals surface area contributed by atoms with Crippen LogP contribution < -0.4 is 5.32 Å². The summed E-state index contributed by atoms with van der Waals surface area (Å²) in [7, 11) is 0. The van der Waals surface area contributed by atoms with Gasteiger partial charge in [0, 0.05) is 31.5 Å². The Kier molecular flexibility index (Phi) is 4.79. The highest BCUT2D eigenvalue weighted by atomic mass is 35.5. The molecule has 0 unspecified atom stereocenters. The highest BCUT2D eigenvalue weighted by Crippen LogP contribution is 2.32. The second-order valence-corrected chi connectivity index (χ2v) is 6.12. The van der Waals surface area contributed by atoms with Crippen LogP contribution in [0.2, 0.25) is 10.0 Å². The van der Waals surface area contributed by atoms with Gasteiger partial charge in [-0.05, 0) is 13.3 Å². The van der Waals surface area contributed by atoms with E-state index in [1.807, 2.05) is 6.92 Å².